The van der Waals surface area contributed by atoms with Crippen LogP contribution in [0, 0.1) is 0 Å². The second-order valence-corrected chi connectivity index (χ2v) is 2.40. The van der Waals surface area contributed by atoms with E-state index in [1.807, 2.05) is 0 Å². The Balaban J connectivity index is 2.19. The molecule has 0 radical (unpaired) electrons. The average Bonchev–Trinajstić information content (AvgIpc) is 1.41. The zero-order chi connectivity index (χ0) is 4.12. The Morgan fingerprint density at radius 3 is 1.60 bits per heavy atom. The number of rotatable bonds is 2. The van der Waals surface area contributed by atoms with Crippen LogP contribution in [-0.2, 0) is 0 Å². The highest BCUT2D eigenvalue weighted by atomic mass is 24.5. The van der Waals surface area contributed by atoms with Crippen molar-refractivity contribution in [3.8, 4) is 0 Å². The zero-order valence-electron chi connectivity index (χ0n) is 3.02. The second kappa shape index (κ2) is 4.69. The van der Waals surface area contributed by atoms with Gasteiger partial charge in [0.05, 0.1) is 0 Å². The summed E-state index contributed by atoms with van der Waals surface area (Å²) in [6.07, 6.45) is 0. The van der Waals surface area contributed by atoms with E-state index in [2.05, 4.69) is 0 Å². The van der Waals surface area contributed by atoms with Gasteiger partial charge < -0.3 is 10.2 Å². The third-order valence-corrected chi connectivity index (χ3v) is 0.949. The van der Waals surface area contributed by atoms with Crippen LogP contribution in [0.15, 0.2) is 0 Å². The molecule has 0 unspecified atom stereocenters. The lowest BCUT2D eigenvalue weighted by molar-refractivity contribution is 0.336. The summed E-state index contributed by atoms with van der Waals surface area (Å²) in [6.45, 7) is 0. The lowest BCUT2D eigenvalue weighted by Crippen LogP contribution is -2.01. The van der Waals surface area contributed by atoms with Crippen molar-refractivity contribution in [2.24, 2.45) is 0 Å². The molecule has 0 spiro atoms. The predicted molar refractivity (Wildman–Crippen MR) is 19.9 cm³/mol. The summed E-state index contributed by atoms with van der Waals surface area (Å²) in [5.41, 5.74) is 0. The van der Waals surface area contributed by atoms with Crippen LogP contribution in [0.5, 0.6) is 0 Å². The molecule has 0 aromatic rings. The van der Waals surface area contributed by atoms with Gasteiger partial charge in [0.25, 0.3) is 0 Å². The van der Waals surface area contributed by atoms with Crippen molar-refractivity contribution in [2.45, 2.75) is 0 Å². The summed E-state index contributed by atoms with van der Waals surface area (Å²) in [4.78, 5) is 0. The monoisotopic (exact) mass is 86.0 g/mol. The van der Waals surface area contributed by atoms with Crippen molar-refractivity contribution in [3.63, 3.8) is 0 Å². The van der Waals surface area contributed by atoms with Crippen LogP contribution < -0.4 is 0 Å². The van der Waals surface area contributed by atoms with E-state index in [1.54, 1.807) is 0 Å². The Morgan fingerprint density at radius 2 is 1.60 bits per heavy atom. The van der Waals surface area contributed by atoms with Gasteiger partial charge in [-0.1, -0.05) is 9.47 Å². The molecule has 0 atom stereocenters. The maximum atomic E-state index is 7.97. The molecule has 0 fully saturated rings. The Labute approximate surface area is 40.5 Å². The van der Waals surface area contributed by atoms with Crippen molar-refractivity contribution in [1.29, 1.82) is 0 Å². The summed E-state index contributed by atoms with van der Waals surface area (Å²) in [7, 11) is 0. The van der Waals surface area contributed by atoms with E-state index < -0.39 is 20.4 Å². The molecule has 0 aliphatic heterocycles. The maximum absolute atomic E-state index is 7.97. The number of aliphatic hydroxyl groups is 2. The third-order valence-electron chi connectivity index (χ3n) is 0.316. The minimum atomic E-state index is -0.457. The molecule has 2 nitrogen and oxygen atoms in total. The summed E-state index contributed by atoms with van der Waals surface area (Å²) in [5, 5.41) is 15.9. The van der Waals surface area contributed by atoms with Gasteiger partial charge in [0, 0.05) is 0 Å². The largest absolute Gasteiger partial charge is 0.444 e. The molecule has 0 aromatic heterocycles. The van der Waals surface area contributed by atoms with Crippen LogP contribution >= 0.6 is 0 Å². The van der Waals surface area contributed by atoms with Crippen molar-refractivity contribution in [2.75, 3.05) is 9.47 Å². The van der Waals surface area contributed by atoms with Crippen LogP contribution in [0.25, 0.3) is 0 Å². The Morgan fingerprint density at radius 1 is 1.20 bits per heavy atom. The van der Waals surface area contributed by atoms with E-state index in [-0.39, 0.29) is 9.47 Å². The lowest BCUT2D eigenvalue weighted by atomic mass is 11.6. The molecular formula is C2H6MgO2. The van der Waals surface area contributed by atoms with Crippen LogP contribution in [0.3, 0.4) is 0 Å². The van der Waals surface area contributed by atoms with Gasteiger partial charge in [0.1, 0.15) is 0 Å². The molecule has 5 heavy (non-hydrogen) atoms. The van der Waals surface area contributed by atoms with Gasteiger partial charge in [-0.3, -0.25) is 0 Å². The quantitative estimate of drug-likeness (QED) is 0.405. The Bertz CT molecular complexity index is 15.1. The van der Waals surface area contributed by atoms with E-state index in [1.165, 1.54) is 0 Å². The Kier molecular flexibility index (Phi) is 5.33. The number of aliphatic hydroxyl groups excluding tert-OH is 2. The first kappa shape index (κ1) is 5.69. The zero-order valence-corrected chi connectivity index (χ0v) is 4.43. The maximum Gasteiger partial charge on any atom is 0.444 e. The van der Waals surface area contributed by atoms with E-state index in [0.717, 1.165) is 0 Å². The second-order valence-electron chi connectivity index (χ2n) is 0.801. The van der Waals surface area contributed by atoms with Gasteiger partial charge in [-0.25, -0.2) is 0 Å². The topological polar surface area (TPSA) is 40.5 Å². The molecule has 0 aliphatic rings. The van der Waals surface area contributed by atoms with Crippen LogP contribution in [0.4, 0.5) is 0 Å². The highest BCUT2D eigenvalue weighted by Gasteiger charge is 1.83. The number of hydrogen-bond acceptors (Lipinski definition) is 2. The van der Waals surface area contributed by atoms with E-state index >= 15 is 0 Å². The number of hydrogen-bond donors (Lipinski definition) is 2. The molecule has 0 aliphatic carbocycles. The van der Waals surface area contributed by atoms with Gasteiger partial charge in [0.15, 0.2) is 0 Å². The Hall–Kier alpha value is 0.686. The molecule has 3 heteroatoms. The summed E-state index contributed by atoms with van der Waals surface area (Å²) >= 11 is -0.457. The summed E-state index contributed by atoms with van der Waals surface area (Å²) in [5.74, 6) is 0. The molecule has 0 saturated heterocycles. The molecule has 0 bridgehead atoms. The van der Waals surface area contributed by atoms with Gasteiger partial charge in [-0.05, 0) is 0 Å². The molecule has 0 aromatic carbocycles. The smallest absolute Gasteiger partial charge is 0.424 e. The highest BCUT2D eigenvalue weighted by Crippen LogP contribution is 1.46. The minimum Gasteiger partial charge on any atom is -0.424 e. The van der Waals surface area contributed by atoms with Crippen molar-refractivity contribution < 1.29 is 10.2 Å². The third kappa shape index (κ3) is 4.69. The van der Waals surface area contributed by atoms with E-state index in [4.69, 9.17) is 10.2 Å². The van der Waals surface area contributed by atoms with Gasteiger partial charge >= 0.3 is 20.4 Å². The van der Waals surface area contributed by atoms with Crippen LogP contribution in [-0.4, -0.2) is 40.1 Å². The highest BCUT2D eigenvalue weighted by molar-refractivity contribution is 6.34. The fourth-order valence-corrected chi connectivity index (χ4v) is 0.212. The van der Waals surface area contributed by atoms with Crippen LogP contribution in [0.1, 0.15) is 0 Å². The molecule has 0 rings (SSSR count). The molecule has 0 amide bonds. The molecular weight excluding hydrogens is 80.3 g/mol. The fraction of sp³-hybridized carbons (Fsp3) is 1.00. The van der Waals surface area contributed by atoms with Crippen molar-refractivity contribution >= 4 is 20.4 Å². The van der Waals surface area contributed by atoms with Crippen molar-refractivity contribution in [3.05, 3.63) is 0 Å². The first-order valence-corrected chi connectivity index (χ1v) is 3.63. The molecule has 2 N–H and O–H groups in total. The summed E-state index contributed by atoms with van der Waals surface area (Å²) < 4.78 is 0.465. The van der Waals surface area contributed by atoms with E-state index in [0.29, 0.717) is 0 Å². The first-order valence-electron chi connectivity index (χ1n) is 1.63. The standard InChI is InChI=1S/2CH3O.Mg/c2*1-2;/h2*2H,1H2;. The van der Waals surface area contributed by atoms with Gasteiger partial charge in [-0.15, -0.1) is 0 Å². The van der Waals surface area contributed by atoms with Crippen molar-refractivity contribution in [1.82, 2.24) is 0 Å². The molecule has 0 heterocycles. The predicted octanol–water partition coefficient (Wildman–Crippen LogP) is -1.41. The normalized spacial score (nSPS) is 6.80. The van der Waals surface area contributed by atoms with Crippen LogP contribution in [0.2, 0.25) is 0 Å². The average molecular weight is 86.4 g/mol. The van der Waals surface area contributed by atoms with Gasteiger partial charge in [-0.2, -0.15) is 0 Å². The molecule has 28 valence electrons. The van der Waals surface area contributed by atoms with Gasteiger partial charge in [0.2, 0.25) is 0 Å². The lowest BCUT2D eigenvalue weighted by Gasteiger charge is -1.73. The first-order chi connectivity index (χ1) is 2.41. The molecule has 0 saturated carbocycles. The minimum absolute atomic E-state index is 0.233. The fourth-order valence-electron chi connectivity index (χ4n) is 0.0707. The summed E-state index contributed by atoms with van der Waals surface area (Å²) in [6, 6.07) is 0. The van der Waals surface area contributed by atoms with E-state index in [9.17, 15) is 0 Å². The SMILES string of the molecule is O[CH2][Mg][CH2]O.